The van der Waals surface area contributed by atoms with Crippen molar-refractivity contribution in [1.82, 2.24) is 24.3 Å². The third-order valence-electron chi connectivity index (χ3n) is 9.66. The number of carbonyl (C=O) groups excluding carboxylic acids is 2. The largest absolute Gasteiger partial charge is 0.457 e. The summed E-state index contributed by atoms with van der Waals surface area (Å²) in [5.41, 5.74) is 6.58. The number of nitrogen functional groups attached to an aromatic ring is 1. The molecule has 3 heterocycles. The molecule has 2 aliphatic rings. The molecule has 1 aliphatic carbocycles. The lowest BCUT2D eigenvalue weighted by molar-refractivity contribution is -0.160. The number of rotatable bonds is 12. The van der Waals surface area contributed by atoms with Crippen LogP contribution in [0.15, 0.2) is 71.6 Å². The summed E-state index contributed by atoms with van der Waals surface area (Å²) in [4.78, 5) is 39.6. The summed E-state index contributed by atoms with van der Waals surface area (Å²) in [7, 11) is 0. The van der Waals surface area contributed by atoms with Gasteiger partial charge in [0.25, 0.3) is 0 Å². The minimum Gasteiger partial charge on any atom is -0.457 e. The summed E-state index contributed by atoms with van der Waals surface area (Å²) in [5.74, 6) is 0.940. The van der Waals surface area contributed by atoms with Crippen LogP contribution < -0.4 is 10.5 Å². The number of carbonyl (C=O) groups is 2. The first-order valence-corrected chi connectivity index (χ1v) is 20.0. The molecule has 2 N–H and O–H groups in total. The van der Waals surface area contributed by atoms with Gasteiger partial charge >= 0.3 is 12.2 Å². The second-order valence-electron chi connectivity index (χ2n) is 17.0. The second kappa shape index (κ2) is 16.6. The summed E-state index contributed by atoms with van der Waals surface area (Å²) in [6.45, 7) is 16.4. The van der Waals surface area contributed by atoms with Crippen LogP contribution in [0.3, 0.4) is 0 Å². The van der Waals surface area contributed by atoms with E-state index in [0.717, 1.165) is 26.9 Å². The van der Waals surface area contributed by atoms with Gasteiger partial charge in [-0.15, -0.1) is 0 Å². The Kier molecular flexibility index (Phi) is 12.2. The van der Waals surface area contributed by atoms with Crippen molar-refractivity contribution in [1.29, 1.82) is 0 Å². The minimum atomic E-state index is -0.821. The number of anilines is 1. The number of hydrogen-bond acceptors (Lipinski definition) is 10. The Morgan fingerprint density at radius 3 is 2.23 bits per heavy atom. The highest BCUT2D eigenvalue weighted by Gasteiger charge is 2.55. The number of fused-ring (bicyclic) bond motifs is 2. The average molecular weight is 836 g/mol. The number of nitrogens with zero attached hydrogens (tertiary/aromatic N) is 5. The molecular weight excluding hydrogens is 780 g/mol. The maximum absolute atomic E-state index is 13.9. The third kappa shape index (κ3) is 10.3. The number of aromatic nitrogens is 3. The van der Waals surface area contributed by atoms with Crippen molar-refractivity contribution in [3.63, 3.8) is 0 Å². The van der Waals surface area contributed by atoms with Crippen molar-refractivity contribution in [2.24, 2.45) is 5.92 Å². The van der Waals surface area contributed by atoms with E-state index >= 15 is 0 Å². The van der Waals surface area contributed by atoms with E-state index in [4.69, 9.17) is 29.4 Å². The summed E-state index contributed by atoms with van der Waals surface area (Å²) in [6, 6.07) is 17.3. The monoisotopic (exact) mass is 834 g/mol. The molecule has 2 aromatic heterocycles. The Hall–Kier alpha value is -4.40. The maximum Gasteiger partial charge on any atom is 0.410 e. The van der Waals surface area contributed by atoms with Gasteiger partial charge in [-0.1, -0.05) is 30.3 Å². The predicted molar refractivity (Wildman–Crippen MR) is 218 cm³/mol. The zero-order chi connectivity index (χ0) is 40.4. The summed E-state index contributed by atoms with van der Waals surface area (Å²) in [5, 5.41) is 0.740. The fourth-order valence-corrected chi connectivity index (χ4v) is 8.02. The first-order valence-electron chi connectivity index (χ1n) is 19.3. The van der Waals surface area contributed by atoms with Gasteiger partial charge in [0.2, 0.25) is 0 Å². The minimum absolute atomic E-state index is 0.0953. The van der Waals surface area contributed by atoms with E-state index < -0.39 is 29.2 Å². The normalized spacial score (nSPS) is 20.4. The van der Waals surface area contributed by atoms with Gasteiger partial charge < -0.3 is 43.8 Å². The lowest BCUT2D eigenvalue weighted by Gasteiger charge is -2.32. The Labute approximate surface area is 337 Å². The van der Waals surface area contributed by atoms with E-state index in [-0.39, 0.29) is 24.2 Å². The Morgan fingerprint density at radius 2 is 1.54 bits per heavy atom. The Bertz CT molecular complexity index is 1990. The highest BCUT2D eigenvalue weighted by Crippen LogP contribution is 2.49. The maximum atomic E-state index is 13.9. The van der Waals surface area contributed by atoms with Gasteiger partial charge in [-0.25, -0.2) is 19.6 Å². The van der Waals surface area contributed by atoms with Crippen LogP contribution in [-0.4, -0.2) is 91.9 Å². The van der Waals surface area contributed by atoms with Crippen molar-refractivity contribution in [2.45, 2.75) is 110 Å². The molecule has 2 aromatic carbocycles. The van der Waals surface area contributed by atoms with Gasteiger partial charge in [-0.3, -0.25) is 0 Å². The quantitative estimate of drug-likeness (QED) is 0.147. The van der Waals surface area contributed by atoms with Crippen LogP contribution in [0.2, 0.25) is 0 Å². The number of hydrogen-bond donors (Lipinski definition) is 1. The standard InChI is InChI=1S/C42H55BrN6O7/c1-40(2,3)55-38(50)47(21-18-27-14-12-17-30(22-27)52-29-15-10-9-11-16-29)19-13-20-48(39(51)56-41(4,5)6)24-28-23-32(35-34(28)53-42(7,8)54-35)49-25-31(43)33-36(44)45-26-46-37(33)49/h9-12,14-17,22,25-26,28,32,34-35H,13,18-21,23-24H2,1-8H3,(H2,44,45,46)/t28-,32-,34-,35+/m1/s1. The lowest BCUT2D eigenvalue weighted by atomic mass is 10.0. The number of amides is 2. The van der Waals surface area contributed by atoms with E-state index in [9.17, 15) is 9.59 Å². The summed E-state index contributed by atoms with van der Waals surface area (Å²) < 4.78 is 33.8. The first-order chi connectivity index (χ1) is 26.4. The number of benzene rings is 2. The van der Waals surface area contributed by atoms with Gasteiger partial charge in [0.1, 0.15) is 46.6 Å². The molecule has 0 radical (unpaired) electrons. The topological polar surface area (TPSA) is 144 Å². The van der Waals surface area contributed by atoms with E-state index in [0.29, 0.717) is 56.9 Å². The third-order valence-corrected chi connectivity index (χ3v) is 10.3. The van der Waals surface area contributed by atoms with Crippen LogP contribution in [0, 0.1) is 5.92 Å². The van der Waals surface area contributed by atoms with Gasteiger partial charge in [0.05, 0.1) is 17.5 Å². The van der Waals surface area contributed by atoms with Gasteiger partial charge in [-0.05, 0) is 120 Å². The van der Waals surface area contributed by atoms with Crippen LogP contribution in [0.5, 0.6) is 11.5 Å². The van der Waals surface area contributed by atoms with E-state index in [1.807, 2.05) is 116 Å². The number of ether oxygens (including phenoxy) is 5. The first kappa shape index (κ1) is 41.2. The fourth-order valence-electron chi connectivity index (χ4n) is 7.42. The molecule has 1 saturated heterocycles. The number of nitrogens with two attached hydrogens (primary N) is 1. The van der Waals surface area contributed by atoms with Crippen LogP contribution in [0.1, 0.15) is 79.8 Å². The van der Waals surface area contributed by atoms with Crippen LogP contribution >= 0.6 is 15.9 Å². The molecule has 0 spiro atoms. The second-order valence-corrected chi connectivity index (χ2v) is 17.9. The molecule has 2 fully saturated rings. The lowest BCUT2D eigenvalue weighted by Crippen LogP contribution is -2.44. The smallest absolute Gasteiger partial charge is 0.410 e. The number of halogens is 1. The molecule has 0 bridgehead atoms. The SMILES string of the molecule is CC(C)(C)OC(=O)N(CCCN(C[C@H]1C[C@@H](n2cc(Br)c3c(N)ncnc32)[C@@H]2OC(C)(C)O[C@H]12)C(=O)OC(C)(C)C)CCc1cccc(Oc2ccccc2)c1. The van der Waals surface area contributed by atoms with Gasteiger partial charge in [0, 0.05) is 42.8 Å². The highest BCUT2D eigenvalue weighted by atomic mass is 79.9. The molecule has 13 nitrogen and oxygen atoms in total. The fraction of sp³-hybridized carbons (Fsp3) is 0.524. The zero-order valence-corrected chi connectivity index (χ0v) is 35.2. The van der Waals surface area contributed by atoms with Crippen LogP contribution in [-0.2, 0) is 25.4 Å². The molecule has 1 aliphatic heterocycles. The van der Waals surface area contributed by atoms with E-state index in [1.165, 1.54) is 6.33 Å². The van der Waals surface area contributed by atoms with Crippen molar-refractivity contribution >= 4 is 45.0 Å². The van der Waals surface area contributed by atoms with Crippen molar-refractivity contribution in [3.8, 4) is 11.5 Å². The summed E-state index contributed by atoms with van der Waals surface area (Å²) >= 11 is 3.65. The molecule has 6 rings (SSSR count). The van der Waals surface area contributed by atoms with Crippen molar-refractivity contribution in [2.75, 3.05) is 31.9 Å². The molecule has 302 valence electrons. The van der Waals surface area contributed by atoms with Crippen LogP contribution in [0.4, 0.5) is 15.4 Å². The molecular formula is C42H55BrN6O7. The molecule has 56 heavy (non-hydrogen) atoms. The van der Waals surface area contributed by atoms with Gasteiger partial charge in [-0.2, -0.15) is 0 Å². The van der Waals surface area contributed by atoms with Gasteiger partial charge in [0.15, 0.2) is 5.79 Å². The average Bonchev–Trinajstić information content (AvgIpc) is 3.72. The van der Waals surface area contributed by atoms with Crippen LogP contribution in [0.25, 0.3) is 11.0 Å². The predicted octanol–water partition coefficient (Wildman–Crippen LogP) is 8.76. The van der Waals surface area contributed by atoms with Crippen molar-refractivity contribution in [3.05, 3.63) is 77.2 Å². The Morgan fingerprint density at radius 1 is 0.893 bits per heavy atom. The molecule has 4 aromatic rings. The highest BCUT2D eigenvalue weighted by molar-refractivity contribution is 9.10. The van der Waals surface area contributed by atoms with E-state index in [2.05, 4.69) is 30.5 Å². The molecule has 2 amide bonds. The summed E-state index contributed by atoms with van der Waals surface area (Å²) in [6.07, 6.45) is 3.74. The number of para-hydroxylation sites is 1. The van der Waals surface area contributed by atoms with Crippen molar-refractivity contribution < 1.29 is 33.3 Å². The molecule has 0 unspecified atom stereocenters. The molecule has 14 heteroatoms. The molecule has 4 atom stereocenters. The zero-order valence-electron chi connectivity index (χ0n) is 33.7. The molecule has 1 saturated carbocycles. The van der Waals surface area contributed by atoms with E-state index in [1.54, 1.807) is 9.80 Å². The Balaban J connectivity index is 1.18.